The number of nitrogens with one attached hydrogen (secondary N) is 1. The first kappa shape index (κ1) is 14.2. The van der Waals surface area contributed by atoms with E-state index in [0.29, 0.717) is 5.56 Å². The van der Waals surface area contributed by atoms with Crippen molar-refractivity contribution in [2.24, 2.45) is 0 Å². The summed E-state index contributed by atoms with van der Waals surface area (Å²) in [5.41, 5.74) is 0.569. The van der Waals surface area contributed by atoms with Gasteiger partial charge in [0.25, 0.3) is 5.91 Å². The van der Waals surface area contributed by atoms with Crippen molar-refractivity contribution in [2.45, 2.75) is 0 Å². The minimum Gasteiger partial charge on any atom is -0.317 e. The van der Waals surface area contributed by atoms with Crippen LogP contribution in [0.2, 0.25) is 0 Å². The molecule has 108 valence electrons. The predicted molar refractivity (Wildman–Crippen MR) is 79.7 cm³/mol. The Labute approximate surface area is 130 Å². The van der Waals surface area contributed by atoms with Gasteiger partial charge in [0.2, 0.25) is 11.6 Å². The summed E-state index contributed by atoms with van der Waals surface area (Å²) in [4.78, 5) is 40.5. The molecule has 6 heteroatoms. The van der Waals surface area contributed by atoms with Crippen molar-refractivity contribution < 1.29 is 14.4 Å². The lowest BCUT2D eigenvalue weighted by atomic mass is 9.92. The molecule has 1 heterocycles. The molecule has 1 aromatic carbocycles. The van der Waals surface area contributed by atoms with E-state index in [9.17, 15) is 14.4 Å². The lowest BCUT2D eigenvalue weighted by Crippen LogP contribution is -2.33. The summed E-state index contributed by atoms with van der Waals surface area (Å²) in [5, 5.41) is 2.13. The third kappa shape index (κ3) is 2.31. The number of carbonyl (C=O) groups excluding carboxylic acids is 3. The number of ketones is 2. The van der Waals surface area contributed by atoms with Gasteiger partial charge in [-0.15, -0.1) is 0 Å². The van der Waals surface area contributed by atoms with Crippen LogP contribution >= 0.6 is 11.6 Å². The maximum Gasteiger partial charge on any atom is 0.255 e. The predicted octanol–water partition coefficient (Wildman–Crippen LogP) is 2.34. The van der Waals surface area contributed by atoms with E-state index in [4.69, 9.17) is 11.6 Å². The Hall–Kier alpha value is -2.79. The van der Waals surface area contributed by atoms with Crippen molar-refractivity contribution in [3.05, 3.63) is 76.2 Å². The molecule has 0 atom stereocenters. The number of nitrogens with zero attached hydrogens (tertiary/aromatic N) is 1. The van der Waals surface area contributed by atoms with E-state index >= 15 is 0 Å². The molecule has 0 saturated heterocycles. The molecule has 0 spiro atoms. The molecule has 0 unspecified atom stereocenters. The highest BCUT2D eigenvalue weighted by Gasteiger charge is 2.32. The van der Waals surface area contributed by atoms with Crippen LogP contribution in [0.15, 0.2) is 59.5 Å². The highest BCUT2D eigenvalue weighted by molar-refractivity contribution is 6.50. The summed E-state index contributed by atoms with van der Waals surface area (Å²) in [5.74, 6) is -1.50. The van der Waals surface area contributed by atoms with Crippen molar-refractivity contribution >= 4 is 29.1 Å². The van der Waals surface area contributed by atoms with Crippen molar-refractivity contribution in [1.29, 1.82) is 0 Å². The Balaban J connectivity index is 1.98. The first-order chi connectivity index (χ1) is 10.6. The summed E-state index contributed by atoms with van der Waals surface area (Å²) >= 11 is 5.97. The summed E-state index contributed by atoms with van der Waals surface area (Å²) in [6.07, 6.45) is 2.90. The SMILES string of the molecule is O=C(NC1=C(Cl)C(=O)c2ccccc2C1=O)c1ccncc1. The van der Waals surface area contributed by atoms with E-state index in [-0.39, 0.29) is 21.9 Å². The molecule has 5 nitrogen and oxygen atoms in total. The molecular weight excluding hydrogens is 304 g/mol. The summed E-state index contributed by atoms with van der Waals surface area (Å²) in [6.45, 7) is 0. The monoisotopic (exact) mass is 312 g/mol. The maximum atomic E-state index is 12.4. The average Bonchev–Trinajstić information content (AvgIpc) is 2.57. The van der Waals surface area contributed by atoms with Gasteiger partial charge in [-0.2, -0.15) is 0 Å². The van der Waals surface area contributed by atoms with Gasteiger partial charge >= 0.3 is 0 Å². The van der Waals surface area contributed by atoms with Crippen LogP contribution in [0.3, 0.4) is 0 Å². The Morgan fingerprint density at radius 1 is 0.955 bits per heavy atom. The summed E-state index contributed by atoms with van der Waals surface area (Å²) in [7, 11) is 0. The molecule has 1 aromatic heterocycles. The van der Waals surface area contributed by atoms with Gasteiger partial charge in [-0.05, 0) is 12.1 Å². The van der Waals surface area contributed by atoms with Crippen LogP contribution in [-0.2, 0) is 0 Å². The van der Waals surface area contributed by atoms with Crippen molar-refractivity contribution in [3.63, 3.8) is 0 Å². The number of halogens is 1. The van der Waals surface area contributed by atoms with E-state index in [1.54, 1.807) is 12.1 Å². The minimum absolute atomic E-state index is 0.202. The molecule has 0 fully saturated rings. The van der Waals surface area contributed by atoms with Gasteiger partial charge in [-0.25, -0.2) is 0 Å². The van der Waals surface area contributed by atoms with E-state index in [2.05, 4.69) is 10.3 Å². The number of benzene rings is 1. The minimum atomic E-state index is -0.531. The number of fused-ring (bicyclic) bond motifs is 1. The van der Waals surface area contributed by atoms with Gasteiger partial charge in [-0.1, -0.05) is 35.9 Å². The highest BCUT2D eigenvalue weighted by atomic mass is 35.5. The maximum absolute atomic E-state index is 12.4. The molecule has 1 aliphatic rings. The first-order valence-electron chi connectivity index (χ1n) is 6.39. The molecule has 0 radical (unpaired) electrons. The number of aromatic nitrogens is 1. The number of pyridine rings is 1. The number of carbonyl (C=O) groups is 3. The van der Waals surface area contributed by atoms with Crippen LogP contribution in [0, 0.1) is 0 Å². The van der Waals surface area contributed by atoms with Crippen LogP contribution in [0.4, 0.5) is 0 Å². The van der Waals surface area contributed by atoms with Crippen LogP contribution in [0.1, 0.15) is 31.1 Å². The van der Waals surface area contributed by atoms with E-state index in [1.807, 2.05) is 0 Å². The third-order valence-corrected chi connectivity index (χ3v) is 3.60. The Morgan fingerprint density at radius 3 is 2.18 bits per heavy atom. The van der Waals surface area contributed by atoms with Crippen molar-refractivity contribution in [3.8, 4) is 0 Å². The number of hydrogen-bond acceptors (Lipinski definition) is 4. The molecule has 3 rings (SSSR count). The quantitative estimate of drug-likeness (QED) is 0.923. The second kappa shape index (κ2) is 5.54. The second-order valence-electron chi connectivity index (χ2n) is 4.58. The first-order valence-corrected chi connectivity index (χ1v) is 6.77. The zero-order valence-corrected chi connectivity index (χ0v) is 11.9. The lowest BCUT2D eigenvalue weighted by molar-refractivity contribution is 0.0923. The molecule has 0 aliphatic heterocycles. The fraction of sp³-hybridized carbons (Fsp3) is 0. The standard InChI is InChI=1S/C16H9ClN2O3/c17-12-13(19-16(22)9-5-7-18-8-6-9)15(21)11-4-2-1-3-10(11)14(12)20/h1-8H,(H,19,22). The van der Waals surface area contributed by atoms with Gasteiger partial charge in [0.05, 0.1) is 0 Å². The third-order valence-electron chi connectivity index (χ3n) is 3.24. The van der Waals surface area contributed by atoms with E-state index in [0.717, 1.165) is 0 Å². The van der Waals surface area contributed by atoms with Gasteiger partial charge in [0.15, 0.2) is 0 Å². The van der Waals surface area contributed by atoms with Crippen LogP contribution in [0.5, 0.6) is 0 Å². The van der Waals surface area contributed by atoms with Crippen molar-refractivity contribution in [2.75, 3.05) is 0 Å². The fourth-order valence-electron chi connectivity index (χ4n) is 2.15. The highest BCUT2D eigenvalue weighted by Crippen LogP contribution is 2.27. The molecule has 1 aliphatic carbocycles. The Bertz CT molecular complexity index is 828. The number of amides is 1. The molecule has 1 N–H and O–H groups in total. The van der Waals surface area contributed by atoms with Crippen LogP contribution in [-0.4, -0.2) is 22.5 Å². The van der Waals surface area contributed by atoms with Crippen LogP contribution in [0.25, 0.3) is 0 Å². The number of allylic oxidation sites excluding steroid dienone is 2. The summed E-state index contributed by atoms with van der Waals surface area (Å²) < 4.78 is 0. The van der Waals surface area contributed by atoms with Gasteiger partial charge in [-0.3, -0.25) is 19.4 Å². The van der Waals surface area contributed by atoms with Crippen LogP contribution < -0.4 is 5.32 Å². The molecule has 0 saturated carbocycles. The Morgan fingerprint density at radius 2 is 1.55 bits per heavy atom. The van der Waals surface area contributed by atoms with Gasteiger partial charge in [0, 0.05) is 29.1 Å². The zero-order valence-electron chi connectivity index (χ0n) is 11.2. The molecule has 0 bridgehead atoms. The van der Waals surface area contributed by atoms with Crippen molar-refractivity contribution in [1.82, 2.24) is 10.3 Å². The fourth-order valence-corrected chi connectivity index (χ4v) is 2.38. The average molecular weight is 313 g/mol. The second-order valence-corrected chi connectivity index (χ2v) is 4.96. The number of Topliss-reactive ketones (excluding diaryl/α,β-unsaturated/α-hetero) is 2. The molecule has 22 heavy (non-hydrogen) atoms. The molecular formula is C16H9ClN2O3. The van der Waals surface area contributed by atoms with E-state index in [1.165, 1.54) is 36.7 Å². The zero-order chi connectivity index (χ0) is 15.7. The topological polar surface area (TPSA) is 76.1 Å². The normalized spacial score (nSPS) is 13.9. The number of hydrogen-bond donors (Lipinski definition) is 1. The Kier molecular flexibility index (Phi) is 3.56. The lowest BCUT2D eigenvalue weighted by Gasteiger charge is -2.18. The number of rotatable bonds is 2. The molecule has 2 aromatic rings. The van der Waals surface area contributed by atoms with Gasteiger partial charge < -0.3 is 5.32 Å². The largest absolute Gasteiger partial charge is 0.317 e. The summed E-state index contributed by atoms with van der Waals surface area (Å²) in [6, 6.07) is 9.33. The molecule has 1 amide bonds. The van der Waals surface area contributed by atoms with E-state index < -0.39 is 17.5 Å². The van der Waals surface area contributed by atoms with Gasteiger partial charge in [0.1, 0.15) is 10.7 Å². The smallest absolute Gasteiger partial charge is 0.255 e.